The summed E-state index contributed by atoms with van der Waals surface area (Å²) in [5.74, 6) is 21.4. The SMILES string of the molecule is CC(C)=CCC[C@@H](C)[C@H]1CC[C@H]2[C@@H]3C=CC4=CC(=O)CC[C@]4(C)[C@H]3CC[C@]12C.C[C@H](CCC1OC1(C)C)[C@H]1CC[C@H]2[C@@H]3C(O)C[C@@H]4CC(=O)CC[C@]4(C)[C@H]3CC[C@]12C.C[C@H](CCC1OC1(C)C)[C@H]1CC[C@H]2[C@@H]3C(O)C[C@@H]4CC(O)CC[C@]4(C)[C@H]3CC[C@]12C.C[C@H](CCC1OC1(C)C)[C@H]1CC[C@H]2[C@@H]3C(OP)C[C@@H]4CC(OP)CC[C@]4(C)[C@H]3CC[C@]12C.C[C@H](CCC1OC1(C)C)[C@H]1CC[C@H]2[C@@H]3C4OC4C4=CC(=O)CC[C@]4(C)[C@H]3CC[C@]12C. The number of epoxide rings is 5. The molecule has 25 rings (SSSR count). The Morgan fingerprint density at radius 1 is 0.380 bits per heavy atom. The Labute approximate surface area is 917 Å². The van der Waals surface area contributed by atoms with Gasteiger partial charge < -0.3 is 48.1 Å². The molecule has 0 spiro atoms. The van der Waals surface area contributed by atoms with E-state index in [1.165, 1.54) is 235 Å². The highest BCUT2D eigenvalue weighted by molar-refractivity contribution is 7.10. The first-order valence-electron chi connectivity index (χ1n) is 64.1. The number of hydrogen-bond acceptors (Lipinski definition) is 13. The lowest BCUT2D eigenvalue weighted by molar-refractivity contribution is -0.174. The molecule has 0 bridgehead atoms. The lowest BCUT2D eigenvalue weighted by Crippen LogP contribution is -2.58. The number of carbonyl (C=O) groups excluding carboxylic acids is 3. The van der Waals surface area contributed by atoms with E-state index in [4.69, 9.17) is 32.7 Å². The molecule has 0 aromatic rings. The summed E-state index contributed by atoms with van der Waals surface area (Å²) in [5.41, 5.74) is 8.44. The molecule has 846 valence electrons. The van der Waals surface area contributed by atoms with Gasteiger partial charge in [-0.15, -0.1) is 0 Å². The second-order valence-electron chi connectivity index (χ2n) is 63.7. The van der Waals surface area contributed by atoms with Gasteiger partial charge in [-0.1, -0.05) is 128 Å². The third kappa shape index (κ3) is 20.1. The van der Waals surface area contributed by atoms with Crippen molar-refractivity contribution in [3.05, 3.63) is 47.1 Å². The van der Waals surface area contributed by atoms with Gasteiger partial charge in [0.1, 0.15) is 11.9 Å². The number of allylic oxidation sites excluding steroid dienone is 6. The highest BCUT2D eigenvalue weighted by Crippen LogP contribution is 2.77. The molecule has 25 aliphatic rings. The van der Waals surface area contributed by atoms with Crippen LogP contribution in [0.2, 0.25) is 0 Å². The molecule has 0 amide bonds. The predicted molar refractivity (Wildman–Crippen MR) is 611 cm³/mol. The van der Waals surface area contributed by atoms with E-state index in [9.17, 15) is 29.7 Å². The number of ketones is 3. The van der Waals surface area contributed by atoms with E-state index in [-0.39, 0.29) is 63.1 Å². The molecule has 17 saturated carbocycles. The predicted octanol–water partition coefficient (Wildman–Crippen LogP) is 31.6. The largest absolute Gasteiger partial charge is 0.393 e. The molecular formula is C135H218O13P2. The Kier molecular flexibility index (Phi) is 31.6. The van der Waals surface area contributed by atoms with Crippen LogP contribution in [0, 0.1) is 220 Å². The van der Waals surface area contributed by atoms with Crippen molar-refractivity contribution in [2.24, 2.45) is 220 Å². The van der Waals surface area contributed by atoms with Crippen molar-refractivity contribution in [2.45, 2.75) is 558 Å². The van der Waals surface area contributed by atoms with Crippen LogP contribution in [0.1, 0.15) is 468 Å². The molecule has 5 saturated heterocycles. The number of Topliss-reactive ketones (excluding diaryl/α,β-unsaturated/α-hetero) is 1. The number of aliphatic hydroxyl groups is 3. The zero-order valence-corrected chi connectivity index (χ0v) is 102. The number of ether oxygens (including phenoxy) is 5. The Hall–Kier alpha value is -1.57. The van der Waals surface area contributed by atoms with Crippen molar-refractivity contribution in [3.8, 4) is 0 Å². The van der Waals surface area contributed by atoms with Crippen LogP contribution in [0.4, 0.5) is 0 Å². The van der Waals surface area contributed by atoms with Gasteiger partial charge in [-0.3, -0.25) is 14.4 Å². The molecule has 20 aliphatic carbocycles. The van der Waals surface area contributed by atoms with Gasteiger partial charge in [0, 0.05) is 44.6 Å². The van der Waals surface area contributed by atoms with Gasteiger partial charge >= 0.3 is 0 Å². The number of carbonyl (C=O) groups is 3. The van der Waals surface area contributed by atoms with E-state index in [0.29, 0.717) is 157 Å². The summed E-state index contributed by atoms with van der Waals surface area (Å²) in [7, 11) is 5.19. The number of aliphatic hydroxyl groups excluding tert-OH is 3. The third-order valence-corrected chi connectivity index (χ3v) is 55.8. The number of rotatable bonds is 22. The van der Waals surface area contributed by atoms with Crippen LogP contribution in [0.5, 0.6) is 0 Å². The van der Waals surface area contributed by atoms with Crippen LogP contribution in [-0.4, -0.2) is 122 Å². The lowest BCUT2D eigenvalue weighted by atomic mass is 9.43. The Morgan fingerprint density at radius 2 is 0.753 bits per heavy atom. The Morgan fingerprint density at radius 3 is 1.21 bits per heavy atom. The van der Waals surface area contributed by atoms with Gasteiger partial charge in [0.25, 0.3) is 0 Å². The molecule has 5 aliphatic heterocycles. The van der Waals surface area contributed by atoms with Crippen LogP contribution < -0.4 is 0 Å². The van der Waals surface area contributed by atoms with Crippen molar-refractivity contribution < 1.29 is 62.4 Å². The second kappa shape index (κ2) is 41.7. The molecule has 51 atom stereocenters. The molecular weight excluding hydrogens is 1890 g/mol. The van der Waals surface area contributed by atoms with E-state index >= 15 is 0 Å². The summed E-state index contributed by atoms with van der Waals surface area (Å²) in [6, 6.07) is 0. The molecule has 22 fully saturated rings. The number of hydrogen-bond donors (Lipinski definition) is 3. The fourth-order valence-electron chi connectivity index (χ4n) is 45.6. The summed E-state index contributed by atoms with van der Waals surface area (Å²) in [4.78, 5) is 36.3. The summed E-state index contributed by atoms with van der Waals surface area (Å²) in [6.45, 7) is 60.5. The Bertz CT molecular complexity index is 4980. The average Bonchev–Trinajstić information content (AvgIpc) is 1.52. The van der Waals surface area contributed by atoms with Gasteiger partial charge in [-0.2, -0.15) is 0 Å². The van der Waals surface area contributed by atoms with Crippen molar-refractivity contribution in [1.29, 1.82) is 0 Å². The quantitative estimate of drug-likeness (QED) is 0.0527. The van der Waals surface area contributed by atoms with Gasteiger partial charge in [-0.25, -0.2) is 0 Å². The van der Waals surface area contributed by atoms with E-state index in [1.54, 1.807) is 0 Å². The van der Waals surface area contributed by atoms with E-state index in [0.717, 1.165) is 184 Å². The van der Waals surface area contributed by atoms with Gasteiger partial charge in [-0.05, 0) is 582 Å². The first kappa shape index (κ1) is 114. The van der Waals surface area contributed by atoms with Gasteiger partial charge in [0.2, 0.25) is 0 Å². The third-order valence-electron chi connectivity index (χ3n) is 55.0. The second-order valence-corrected chi connectivity index (χ2v) is 64.2. The molecule has 0 aromatic carbocycles. The van der Waals surface area contributed by atoms with Gasteiger partial charge in [0.05, 0.1) is 83.4 Å². The summed E-state index contributed by atoms with van der Waals surface area (Å²) in [5, 5.41) is 33.0. The van der Waals surface area contributed by atoms with Crippen LogP contribution >= 0.6 is 18.9 Å². The van der Waals surface area contributed by atoms with Crippen molar-refractivity contribution in [3.63, 3.8) is 0 Å². The molecule has 0 radical (unpaired) electrons. The molecule has 3 N–H and O–H groups in total. The fourth-order valence-corrected chi connectivity index (χ4v) is 46.1. The summed E-state index contributed by atoms with van der Waals surface area (Å²) < 4.78 is 41.8. The average molecular weight is 2110 g/mol. The first-order valence-corrected chi connectivity index (χ1v) is 65.1. The number of fused-ring (bicyclic) bond motifs is 28. The zero-order chi connectivity index (χ0) is 107. The maximum absolute atomic E-state index is 12.1. The van der Waals surface area contributed by atoms with Gasteiger partial charge in [0.15, 0.2) is 11.6 Å². The van der Waals surface area contributed by atoms with Crippen molar-refractivity contribution >= 4 is 36.3 Å². The van der Waals surface area contributed by atoms with Crippen molar-refractivity contribution in [2.75, 3.05) is 0 Å². The van der Waals surface area contributed by atoms with E-state index < -0.39 is 0 Å². The molecule has 150 heavy (non-hydrogen) atoms. The van der Waals surface area contributed by atoms with Crippen LogP contribution in [0.25, 0.3) is 0 Å². The monoisotopic (exact) mass is 2110 g/mol. The minimum atomic E-state index is -0.196. The topological polar surface area (TPSA) is 193 Å². The summed E-state index contributed by atoms with van der Waals surface area (Å²) >= 11 is 0. The van der Waals surface area contributed by atoms with Crippen LogP contribution in [0.3, 0.4) is 0 Å². The highest BCUT2D eigenvalue weighted by atomic mass is 31.0. The molecule has 15 heteroatoms. The molecule has 13 nitrogen and oxygen atoms in total. The maximum Gasteiger partial charge on any atom is 0.156 e. The lowest BCUT2D eigenvalue weighted by Gasteiger charge is -2.63. The minimum Gasteiger partial charge on any atom is -0.393 e. The normalized spacial score (nSPS) is 51.6. The van der Waals surface area contributed by atoms with E-state index in [1.807, 2.05) is 12.2 Å². The molecule has 0 aromatic heterocycles. The standard InChI is InChI=1S/C27H48O3P2.C27H40O3.C27H46O3.C27H44O3.C27H40O/c1-16(6-9-23-25(2,3)28-23)19-7-8-20-24-21(11-13-27(19,20)5)26(4)12-10-18(29-31)14-17(26)15-22(24)30-32;1-15(6-9-21-25(2,3)30-21)17-7-8-18-22-19(11-13-26(17,18)4)27(5)12-10-16(28)14-20(27)23-24(22)29-23;2*1-16(6-9-23-25(2,3)30-23)19-7-8-20-24-21(11-13-27(19,20)5)26(4)12-10-18(28)14-17(26)15-22(24)29;1-18(2)7-6-8-19(3)23-11-12-24-22-10-9-20-17-21(28)13-15-26(20,4)25(22)14-16-27(23,24)5/h16-24H,6-15,31-32H2,1-5H3;14-15,17-19,21-24H,6-13H2,1-5H3;16-24,28-29H,6-15H2,1-5H3;16-17,19-24,29H,6-15H2,1-5H3;7,9-10,17,19,22-25H,6,8,11-16H2,1-5H3/t16-,17+,18?,19-,20+,21+,22?,23?,24+,26+,27-;15-,17-,18+,19+,21?,22+,23?,24?,26-,27-;16-,17+,18?,19-,20+,21+,22?,23?,24+,26+,27-;16-,17+,19-,20+,21+,22?,23?,24+,26+,27-;19-,22+,23-,24+,25+,26+,27-/m11111/s1. The van der Waals surface area contributed by atoms with Crippen LogP contribution in [0.15, 0.2) is 47.1 Å². The maximum atomic E-state index is 12.1. The summed E-state index contributed by atoms with van der Waals surface area (Å²) in [6.07, 6.45) is 70.1. The van der Waals surface area contributed by atoms with E-state index in [2.05, 4.69) is 210 Å². The molecule has 13 unspecified atom stereocenters. The highest BCUT2D eigenvalue weighted by Gasteiger charge is 2.73. The zero-order valence-electron chi connectivity index (χ0n) is 99.5. The first-order chi connectivity index (χ1) is 70.7. The fraction of sp³-hybridized carbons (Fsp3) is 0.919. The minimum absolute atomic E-state index is 0.111. The van der Waals surface area contributed by atoms with Crippen LogP contribution in [-0.2, 0) is 47.1 Å². The molecule has 5 heterocycles. The smallest absolute Gasteiger partial charge is 0.156 e. The Balaban J connectivity index is 0.000000110. The van der Waals surface area contributed by atoms with Crippen molar-refractivity contribution in [1.82, 2.24) is 0 Å².